The van der Waals surface area contributed by atoms with Gasteiger partial charge < -0.3 is 9.42 Å². The lowest BCUT2D eigenvalue weighted by molar-refractivity contribution is -0.136. The maximum atomic E-state index is 13.6. The number of nitrogens with one attached hydrogen (secondary N) is 1. The molecule has 10 heteroatoms. The van der Waals surface area contributed by atoms with Crippen molar-refractivity contribution in [3.05, 3.63) is 40.5 Å². The van der Waals surface area contributed by atoms with Crippen molar-refractivity contribution in [1.82, 2.24) is 25.2 Å². The number of hydrogen-bond acceptors (Lipinski definition) is 5. The minimum atomic E-state index is -4.53. The summed E-state index contributed by atoms with van der Waals surface area (Å²) in [6, 6.07) is 2.76. The summed E-state index contributed by atoms with van der Waals surface area (Å²) in [6.07, 6.45) is -3.56. The van der Waals surface area contributed by atoms with Gasteiger partial charge in [0, 0.05) is 30.4 Å². The lowest BCUT2D eigenvalue weighted by Gasteiger charge is -2.30. The third-order valence-electron chi connectivity index (χ3n) is 5.51. The number of rotatable bonds is 3. The second-order valence-corrected chi connectivity index (χ2v) is 7.99. The summed E-state index contributed by atoms with van der Waals surface area (Å²) < 4.78 is 45.9. The molecule has 1 aliphatic heterocycles. The number of fused-ring (bicyclic) bond motifs is 1. The summed E-state index contributed by atoms with van der Waals surface area (Å²) in [5, 5.41) is 10.8. The Bertz CT molecular complexity index is 1080. The largest absolute Gasteiger partial charge is 0.417 e. The van der Waals surface area contributed by atoms with E-state index in [9.17, 15) is 18.0 Å². The van der Waals surface area contributed by atoms with E-state index >= 15 is 0 Å². The molecule has 4 heterocycles. The molecule has 160 valence electrons. The zero-order valence-electron chi connectivity index (χ0n) is 16.9. The number of aryl methyl sites for hydroxylation is 1. The zero-order chi connectivity index (χ0) is 21.6. The number of carbonyl (C=O) groups is 1. The molecule has 0 radical (unpaired) electrons. The molecule has 1 fully saturated rings. The summed E-state index contributed by atoms with van der Waals surface area (Å²) in [6.45, 7) is 6.30. The molecular weight excluding hydrogens is 399 g/mol. The van der Waals surface area contributed by atoms with Crippen molar-refractivity contribution in [1.29, 1.82) is 0 Å². The van der Waals surface area contributed by atoms with E-state index in [1.165, 1.54) is 6.92 Å². The van der Waals surface area contributed by atoms with Crippen LogP contribution in [0.3, 0.4) is 0 Å². The molecule has 1 amide bonds. The Morgan fingerprint density at radius 2 is 1.97 bits per heavy atom. The summed E-state index contributed by atoms with van der Waals surface area (Å²) in [5.41, 5.74) is 0.829. The van der Waals surface area contributed by atoms with Gasteiger partial charge in [0.1, 0.15) is 5.69 Å². The van der Waals surface area contributed by atoms with Crippen LogP contribution in [0.4, 0.5) is 13.2 Å². The first-order valence-electron chi connectivity index (χ1n) is 9.84. The predicted molar refractivity (Wildman–Crippen MR) is 102 cm³/mol. The highest BCUT2D eigenvalue weighted by atomic mass is 19.4. The highest BCUT2D eigenvalue weighted by molar-refractivity contribution is 5.92. The lowest BCUT2D eigenvalue weighted by atomic mass is 9.90. The fraction of sp³-hybridized carbons (Fsp3) is 0.500. The Hall–Kier alpha value is -2.91. The van der Waals surface area contributed by atoms with Crippen LogP contribution in [0.15, 0.2) is 16.7 Å². The number of piperidine rings is 1. The van der Waals surface area contributed by atoms with Gasteiger partial charge in [0.2, 0.25) is 0 Å². The zero-order valence-corrected chi connectivity index (χ0v) is 16.9. The van der Waals surface area contributed by atoms with Gasteiger partial charge in [0.05, 0.1) is 16.6 Å². The summed E-state index contributed by atoms with van der Waals surface area (Å²) in [4.78, 5) is 18.4. The number of amides is 1. The maximum absolute atomic E-state index is 13.6. The quantitative estimate of drug-likeness (QED) is 0.677. The lowest BCUT2D eigenvalue weighted by Crippen LogP contribution is -2.38. The third-order valence-corrected chi connectivity index (χ3v) is 5.51. The molecule has 0 spiro atoms. The molecule has 7 nitrogen and oxygen atoms in total. The number of pyridine rings is 1. The van der Waals surface area contributed by atoms with Crippen molar-refractivity contribution in [3.8, 4) is 0 Å². The van der Waals surface area contributed by atoms with E-state index in [0.29, 0.717) is 31.6 Å². The molecule has 3 aromatic heterocycles. The monoisotopic (exact) mass is 421 g/mol. The minimum absolute atomic E-state index is 0.0771. The molecular formula is C20H22F3N5O2. The minimum Gasteiger partial charge on any atom is -0.337 e. The van der Waals surface area contributed by atoms with Crippen molar-refractivity contribution in [2.45, 2.75) is 51.6 Å². The number of alkyl halides is 3. The first kappa shape index (κ1) is 20.4. The molecule has 0 aliphatic carbocycles. The average molecular weight is 421 g/mol. The van der Waals surface area contributed by atoms with E-state index in [1.54, 1.807) is 11.0 Å². The van der Waals surface area contributed by atoms with Crippen LogP contribution >= 0.6 is 0 Å². The van der Waals surface area contributed by atoms with Gasteiger partial charge in [0.15, 0.2) is 0 Å². The molecule has 0 aromatic carbocycles. The second-order valence-electron chi connectivity index (χ2n) is 7.99. The van der Waals surface area contributed by atoms with Crippen molar-refractivity contribution in [2.24, 2.45) is 0 Å². The van der Waals surface area contributed by atoms with Crippen LogP contribution < -0.4 is 0 Å². The van der Waals surface area contributed by atoms with Crippen LogP contribution in [0.25, 0.3) is 11.1 Å². The Balaban J connectivity index is 1.54. The highest BCUT2D eigenvalue weighted by Gasteiger charge is 2.38. The van der Waals surface area contributed by atoms with Gasteiger partial charge in [0.25, 0.3) is 11.6 Å². The summed E-state index contributed by atoms with van der Waals surface area (Å²) >= 11 is 0. The number of halogens is 3. The van der Waals surface area contributed by atoms with Crippen LogP contribution in [0.5, 0.6) is 0 Å². The molecule has 0 bridgehead atoms. The summed E-state index contributed by atoms with van der Waals surface area (Å²) in [5.74, 6) is -0.202. The standard InChI is InChI=1S/C20H22F3N5O2/c1-10(2)14-9-15(26-25-14)19(29)28-6-4-12(5-7-28)17-16-13(20(21,22)23)8-11(3)24-18(16)30-27-17/h8-10,12H,4-7H2,1-3H3,(H,25,26). The average Bonchev–Trinajstić information content (AvgIpc) is 3.33. The van der Waals surface area contributed by atoms with Gasteiger partial charge in [-0.2, -0.15) is 18.3 Å². The van der Waals surface area contributed by atoms with Crippen LogP contribution in [0, 0.1) is 6.92 Å². The maximum Gasteiger partial charge on any atom is 0.417 e. The smallest absolute Gasteiger partial charge is 0.337 e. The van der Waals surface area contributed by atoms with Gasteiger partial charge in [-0.15, -0.1) is 0 Å². The Morgan fingerprint density at radius 1 is 1.27 bits per heavy atom. The highest BCUT2D eigenvalue weighted by Crippen LogP contribution is 2.40. The Kier molecular flexibility index (Phi) is 5.03. The van der Waals surface area contributed by atoms with Crippen LogP contribution in [-0.4, -0.2) is 44.2 Å². The third kappa shape index (κ3) is 3.66. The topological polar surface area (TPSA) is 87.9 Å². The van der Waals surface area contributed by atoms with E-state index in [2.05, 4.69) is 20.3 Å². The second kappa shape index (κ2) is 7.41. The summed E-state index contributed by atoms with van der Waals surface area (Å²) in [7, 11) is 0. The van der Waals surface area contributed by atoms with Gasteiger partial charge in [-0.25, -0.2) is 4.98 Å². The Labute approximate surface area is 170 Å². The van der Waals surface area contributed by atoms with E-state index in [4.69, 9.17) is 4.52 Å². The van der Waals surface area contributed by atoms with Gasteiger partial charge in [-0.05, 0) is 37.8 Å². The molecule has 0 saturated carbocycles. The number of nitrogens with zero attached hydrogens (tertiary/aromatic N) is 4. The fourth-order valence-electron chi connectivity index (χ4n) is 3.86. The first-order chi connectivity index (χ1) is 14.1. The molecule has 30 heavy (non-hydrogen) atoms. The normalized spacial score (nSPS) is 16.0. The molecule has 4 rings (SSSR count). The molecule has 3 aromatic rings. The van der Waals surface area contributed by atoms with Crippen LogP contribution in [-0.2, 0) is 6.18 Å². The first-order valence-corrected chi connectivity index (χ1v) is 9.84. The molecule has 1 N–H and O–H groups in total. The number of carbonyl (C=O) groups excluding carboxylic acids is 1. The number of hydrogen-bond donors (Lipinski definition) is 1. The van der Waals surface area contributed by atoms with Crippen LogP contribution in [0.2, 0.25) is 0 Å². The van der Waals surface area contributed by atoms with Crippen molar-refractivity contribution in [3.63, 3.8) is 0 Å². The van der Waals surface area contributed by atoms with E-state index in [-0.39, 0.29) is 40.2 Å². The molecule has 1 aliphatic rings. The number of aromatic nitrogens is 4. The Morgan fingerprint density at radius 3 is 2.57 bits per heavy atom. The van der Waals surface area contributed by atoms with Crippen molar-refractivity contribution >= 4 is 17.0 Å². The number of likely N-dealkylation sites (tertiary alicyclic amines) is 1. The molecule has 1 saturated heterocycles. The van der Waals surface area contributed by atoms with Gasteiger partial charge in [-0.1, -0.05) is 19.0 Å². The van der Waals surface area contributed by atoms with Crippen molar-refractivity contribution < 1.29 is 22.5 Å². The number of H-pyrrole nitrogens is 1. The van der Waals surface area contributed by atoms with E-state index in [0.717, 1.165) is 11.8 Å². The van der Waals surface area contributed by atoms with E-state index < -0.39 is 11.7 Å². The van der Waals surface area contributed by atoms with Gasteiger partial charge >= 0.3 is 6.18 Å². The number of aromatic amines is 1. The van der Waals surface area contributed by atoms with Crippen molar-refractivity contribution in [2.75, 3.05) is 13.1 Å². The predicted octanol–water partition coefficient (Wildman–Crippen LogP) is 4.42. The van der Waals surface area contributed by atoms with Crippen LogP contribution in [0.1, 0.15) is 71.7 Å². The molecule has 0 unspecified atom stereocenters. The van der Waals surface area contributed by atoms with E-state index in [1.807, 2.05) is 13.8 Å². The molecule has 0 atom stereocenters. The van der Waals surface area contributed by atoms with Gasteiger partial charge in [-0.3, -0.25) is 9.89 Å². The fourth-order valence-corrected chi connectivity index (χ4v) is 3.86. The SMILES string of the molecule is Cc1cc(C(F)(F)F)c2c(C3CCN(C(=O)c4cc(C(C)C)[nH]n4)CC3)noc2n1.